The van der Waals surface area contributed by atoms with Gasteiger partial charge in [0.25, 0.3) is 5.91 Å². The molecule has 0 aliphatic carbocycles. The number of rotatable bonds is 5. The number of carbonyl (C=O) groups is 2. The van der Waals surface area contributed by atoms with E-state index in [2.05, 4.69) is 4.98 Å². The lowest BCUT2D eigenvalue weighted by Gasteiger charge is -2.25. The highest BCUT2D eigenvalue weighted by Gasteiger charge is 2.45. The maximum Gasteiger partial charge on any atom is 0.294 e. The van der Waals surface area contributed by atoms with Crippen molar-refractivity contribution < 1.29 is 14.7 Å². The summed E-state index contributed by atoms with van der Waals surface area (Å²) < 4.78 is 0. The minimum absolute atomic E-state index is 0.0498. The van der Waals surface area contributed by atoms with Crippen molar-refractivity contribution in [3.8, 4) is 10.6 Å². The third kappa shape index (κ3) is 3.78. The minimum atomic E-state index is -0.759. The van der Waals surface area contributed by atoms with Crippen LogP contribution in [0.25, 0.3) is 10.6 Å². The summed E-state index contributed by atoms with van der Waals surface area (Å²) in [6.45, 7) is 1.76. The molecule has 1 atom stereocenters. The van der Waals surface area contributed by atoms with Crippen molar-refractivity contribution >= 4 is 51.7 Å². The molecule has 4 aromatic rings. The lowest BCUT2D eigenvalue weighted by Crippen LogP contribution is -2.30. The van der Waals surface area contributed by atoms with Gasteiger partial charge in [-0.1, -0.05) is 54.1 Å². The zero-order valence-electron chi connectivity index (χ0n) is 17.4. The van der Waals surface area contributed by atoms with Crippen LogP contribution in [0.4, 0.5) is 5.69 Å². The SMILES string of the molecule is Cc1nc(-c2ccccc2)sc1C(=O)C1=C(O)C(=O)N(c2cccc(Cl)c2)C1c1cccs1. The molecule has 0 fully saturated rings. The topological polar surface area (TPSA) is 70.5 Å². The Morgan fingerprint density at radius 3 is 2.58 bits per heavy atom. The summed E-state index contributed by atoms with van der Waals surface area (Å²) >= 11 is 8.84. The fourth-order valence-electron chi connectivity index (χ4n) is 3.88. The van der Waals surface area contributed by atoms with Gasteiger partial charge in [0.1, 0.15) is 11.0 Å². The van der Waals surface area contributed by atoms with Gasteiger partial charge in [-0.3, -0.25) is 14.5 Å². The van der Waals surface area contributed by atoms with E-state index in [0.29, 0.717) is 26.3 Å². The monoisotopic (exact) mass is 492 g/mol. The van der Waals surface area contributed by atoms with E-state index in [1.54, 1.807) is 31.2 Å². The molecule has 8 heteroatoms. The number of carbonyl (C=O) groups excluding carboxylic acids is 2. The molecule has 5 nitrogen and oxygen atoms in total. The van der Waals surface area contributed by atoms with Gasteiger partial charge in [0.2, 0.25) is 5.78 Å². The summed E-state index contributed by atoms with van der Waals surface area (Å²) in [5.41, 5.74) is 2.02. The molecule has 164 valence electrons. The maximum atomic E-state index is 13.8. The number of anilines is 1. The van der Waals surface area contributed by atoms with Gasteiger partial charge in [-0.25, -0.2) is 4.98 Å². The standard InChI is InChI=1S/C25H17ClN2O3S2/c1-14-23(33-24(27-14)15-7-3-2-4-8-15)21(29)19-20(18-11-6-12-32-18)28(25(31)22(19)30)17-10-5-9-16(26)13-17/h2-13,20,30H,1H3. The molecule has 5 rings (SSSR count). The Bertz CT molecular complexity index is 1390. The van der Waals surface area contributed by atoms with Crippen LogP contribution in [0.15, 0.2) is 83.4 Å². The Balaban J connectivity index is 1.61. The van der Waals surface area contributed by atoms with Crippen LogP contribution in [-0.2, 0) is 4.79 Å². The average molecular weight is 493 g/mol. The van der Waals surface area contributed by atoms with Crippen molar-refractivity contribution in [2.75, 3.05) is 4.90 Å². The molecule has 0 spiro atoms. The number of hydrogen-bond donors (Lipinski definition) is 1. The predicted molar refractivity (Wildman–Crippen MR) is 132 cm³/mol. The normalized spacial score (nSPS) is 16.0. The van der Waals surface area contributed by atoms with Crippen LogP contribution in [0.5, 0.6) is 0 Å². The van der Waals surface area contributed by atoms with Gasteiger partial charge >= 0.3 is 0 Å². The number of aryl methyl sites for hydroxylation is 1. The molecule has 1 aliphatic heterocycles. The number of thiazole rings is 1. The van der Waals surface area contributed by atoms with Crippen LogP contribution in [0.1, 0.15) is 26.3 Å². The lowest BCUT2D eigenvalue weighted by atomic mass is 10.00. The highest BCUT2D eigenvalue weighted by molar-refractivity contribution is 7.17. The van der Waals surface area contributed by atoms with E-state index in [0.717, 1.165) is 10.4 Å². The molecule has 1 N–H and O–H groups in total. The molecule has 2 aromatic heterocycles. The van der Waals surface area contributed by atoms with Crippen LogP contribution in [0.2, 0.25) is 5.02 Å². The first-order valence-corrected chi connectivity index (χ1v) is 12.2. The minimum Gasteiger partial charge on any atom is -0.503 e. The number of benzene rings is 2. The van der Waals surface area contributed by atoms with Crippen molar-refractivity contribution in [3.05, 3.63) is 104 Å². The van der Waals surface area contributed by atoms with Crippen molar-refractivity contribution in [2.45, 2.75) is 13.0 Å². The Morgan fingerprint density at radius 2 is 1.88 bits per heavy atom. The Hall–Kier alpha value is -3.26. The second kappa shape index (κ2) is 8.59. The zero-order chi connectivity index (χ0) is 23.1. The van der Waals surface area contributed by atoms with Crippen molar-refractivity contribution in [1.82, 2.24) is 4.98 Å². The summed E-state index contributed by atoms with van der Waals surface area (Å²) in [6.07, 6.45) is 0. The molecule has 0 bridgehead atoms. The van der Waals surface area contributed by atoms with Gasteiger partial charge in [-0.2, -0.15) is 0 Å². The molecule has 1 amide bonds. The second-order valence-corrected chi connectivity index (χ2v) is 9.88. The maximum absolute atomic E-state index is 13.8. The second-order valence-electron chi connectivity index (χ2n) is 7.46. The molecule has 0 radical (unpaired) electrons. The van der Waals surface area contributed by atoms with Gasteiger partial charge in [-0.05, 0) is 36.6 Å². The zero-order valence-corrected chi connectivity index (χ0v) is 19.7. The molecule has 2 aromatic carbocycles. The van der Waals surface area contributed by atoms with Crippen molar-refractivity contribution in [3.63, 3.8) is 0 Å². The fraction of sp³-hybridized carbons (Fsp3) is 0.0800. The van der Waals surface area contributed by atoms with Gasteiger partial charge in [-0.15, -0.1) is 22.7 Å². The van der Waals surface area contributed by atoms with E-state index in [1.165, 1.54) is 27.6 Å². The third-order valence-corrected chi connectivity index (χ3v) is 7.74. The molecule has 3 heterocycles. The molecular formula is C25H17ClN2O3S2. The number of Topliss-reactive ketones (excluding diaryl/α,β-unsaturated/α-hetero) is 1. The van der Waals surface area contributed by atoms with Gasteiger partial charge in [0.15, 0.2) is 5.76 Å². The van der Waals surface area contributed by atoms with Crippen LogP contribution < -0.4 is 4.90 Å². The highest BCUT2D eigenvalue weighted by Crippen LogP contribution is 2.44. The smallest absolute Gasteiger partial charge is 0.294 e. The molecular weight excluding hydrogens is 476 g/mol. The van der Waals surface area contributed by atoms with Crippen LogP contribution in [0, 0.1) is 6.92 Å². The lowest BCUT2D eigenvalue weighted by molar-refractivity contribution is -0.117. The van der Waals surface area contributed by atoms with E-state index in [1.807, 2.05) is 47.8 Å². The Labute approximate surface area is 203 Å². The van der Waals surface area contributed by atoms with E-state index in [-0.39, 0.29) is 5.57 Å². The Kier molecular flexibility index (Phi) is 5.62. The van der Waals surface area contributed by atoms with Crippen LogP contribution >= 0.6 is 34.3 Å². The summed E-state index contributed by atoms with van der Waals surface area (Å²) in [7, 11) is 0. The number of aliphatic hydroxyl groups is 1. The number of amides is 1. The predicted octanol–water partition coefficient (Wildman–Crippen LogP) is 6.62. The van der Waals surface area contributed by atoms with E-state index >= 15 is 0 Å². The van der Waals surface area contributed by atoms with Crippen molar-refractivity contribution in [2.24, 2.45) is 0 Å². The quantitative estimate of drug-likeness (QED) is 0.318. The first-order chi connectivity index (χ1) is 16.0. The first kappa shape index (κ1) is 21.6. The van der Waals surface area contributed by atoms with Gasteiger partial charge in [0.05, 0.1) is 16.1 Å². The molecule has 1 unspecified atom stereocenters. The summed E-state index contributed by atoms with van der Waals surface area (Å²) in [5.74, 6) is -1.59. The number of aromatic nitrogens is 1. The average Bonchev–Trinajstić information content (AvgIpc) is 3.53. The largest absolute Gasteiger partial charge is 0.503 e. The summed E-state index contributed by atoms with van der Waals surface area (Å²) in [4.78, 5) is 34.1. The first-order valence-electron chi connectivity index (χ1n) is 10.1. The Morgan fingerprint density at radius 1 is 1.09 bits per heavy atom. The van der Waals surface area contributed by atoms with E-state index < -0.39 is 23.5 Å². The summed E-state index contributed by atoms with van der Waals surface area (Å²) in [6, 6.07) is 19.3. The molecule has 0 saturated heterocycles. The van der Waals surface area contributed by atoms with E-state index in [9.17, 15) is 14.7 Å². The third-order valence-electron chi connectivity index (χ3n) is 5.38. The summed E-state index contributed by atoms with van der Waals surface area (Å²) in [5, 5.41) is 13.9. The molecule has 33 heavy (non-hydrogen) atoms. The number of thiophene rings is 1. The fourth-order valence-corrected chi connectivity index (χ4v) is 5.91. The number of hydrogen-bond acceptors (Lipinski definition) is 6. The highest BCUT2D eigenvalue weighted by atomic mass is 35.5. The number of halogens is 1. The number of aliphatic hydroxyl groups excluding tert-OH is 1. The van der Waals surface area contributed by atoms with Crippen LogP contribution in [-0.4, -0.2) is 21.8 Å². The van der Waals surface area contributed by atoms with Gasteiger partial charge < -0.3 is 5.11 Å². The molecule has 0 saturated carbocycles. The van der Waals surface area contributed by atoms with E-state index in [4.69, 9.17) is 11.6 Å². The van der Waals surface area contributed by atoms with Crippen molar-refractivity contribution in [1.29, 1.82) is 0 Å². The van der Waals surface area contributed by atoms with Gasteiger partial charge in [0, 0.05) is 21.2 Å². The van der Waals surface area contributed by atoms with Crippen LogP contribution in [0.3, 0.4) is 0 Å². The number of nitrogens with zero attached hydrogens (tertiary/aromatic N) is 2. The number of ketones is 1. The molecule has 1 aliphatic rings.